The van der Waals surface area contributed by atoms with E-state index in [1.54, 1.807) is 7.11 Å². The third kappa shape index (κ3) is 4.36. The summed E-state index contributed by atoms with van der Waals surface area (Å²) in [6.07, 6.45) is 0.993. The molecule has 0 radical (unpaired) electrons. The molecular weight excluding hydrogens is 212 g/mol. The number of nitrogens with one attached hydrogen (secondary N) is 1. The van der Waals surface area contributed by atoms with Gasteiger partial charge in [-0.25, -0.2) is 0 Å². The van der Waals surface area contributed by atoms with Crippen LogP contribution in [0, 0.1) is 13.8 Å². The van der Waals surface area contributed by atoms with Gasteiger partial charge in [0.2, 0.25) is 0 Å². The molecular formula is C14H24N2O. The molecule has 0 aliphatic rings. The zero-order chi connectivity index (χ0) is 12.8. The molecule has 0 fully saturated rings. The molecule has 3 N–H and O–H groups in total. The lowest BCUT2D eigenvalue weighted by Crippen LogP contribution is -2.24. The molecule has 3 nitrogen and oxygen atoms in total. The van der Waals surface area contributed by atoms with Crippen molar-refractivity contribution in [2.45, 2.75) is 39.8 Å². The van der Waals surface area contributed by atoms with Crippen molar-refractivity contribution in [1.82, 2.24) is 5.32 Å². The quantitative estimate of drug-likeness (QED) is 0.744. The minimum atomic E-state index is 0.253. The molecule has 3 heteroatoms. The van der Waals surface area contributed by atoms with Crippen molar-refractivity contribution in [1.29, 1.82) is 0 Å². The number of aryl methyl sites for hydroxylation is 2. The van der Waals surface area contributed by atoms with E-state index in [4.69, 9.17) is 10.5 Å². The van der Waals surface area contributed by atoms with E-state index < -0.39 is 0 Å². The van der Waals surface area contributed by atoms with Crippen LogP contribution in [0.5, 0.6) is 5.75 Å². The smallest absolute Gasteiger partial charge is 0.123 e. The third-order valence-corrected chi connectivity index (χ3v) is 2.87. The molecule has 0 saturated heterocycles. The van der Waals surface area contributed by atoms with Gasteiger partial charge in [0, 0.05) is 18.2 Å². The van der Waals surface area contributed by atoms with Gasteiger partial charge in [0.05, 0.1) is 7.11 Å². The van der Waals surface area contributed by atoms with Gasteiger partial charge in [0.15, 0.2) is 0 Å². The van der Waals surface area contributed by atoms with Crippen LogP contribution in [-0.4, -0.2) is 19.7 Å². The Kier molecular flexibility index (Phi) is 5.45. The highest BCUT2D eigenvalue weighted by Gasteiger charge is 2.07. The maximum atomic E-state index is 5.71. The number of nitrogens with two attached hydrogens (primary N) is 1. The minimum absolute atomic E-state index is 0.253. The summed E-state index contributed by atoms with van der Waals surface area (Å²) < 4.78 is 5.42. The molecule has 0 bridgehead atoms. The van der Waals surface area contributed by atoms with Crippen LogP contribution < -0.4 is 15.8 Å². The Morgan fingerprint density at radius 3 is 2.65 bits per heavy atom. The number of hydrogen-bond acceptors (Lipinski definition) is 3. The third-order valence-electron chi connectivity index (χ3n) is 2.87. The van der Waals surface area contributed by atoms with Crippen LogP contribution in [0.2, 0.25) is 0 Å². The molecule has 0 aliphatic carbocycles. The molecule has 0 saturated carbocycles. The first-order valence-electron chi connectivity index (χ1n) is 6.15. The molecule has 17 heavy (non-hydrogen) atoms. The molecule has 0 heterocycles. The Morgan fingerprint density at radius 2 is 2.06 bits per heavy atom. The van der Waals surface area contributed by atoms with E-state index in [2.05, 4.69) is 31.3 Å². The maximum Gasteiger partial charge on any atom is 0.123 e. The number of rotatable bonds is 6. The van der Waals surface area contributed by atoms with Crippen LogP contribution in [0.3, 0.4) is 0 Å². The molecule has 1 aromatic carbocycles. The topological polar surface area (TPSA) is 47.3 Å². The van der Waals surface area contributed by atoms with Gasteiger partial charge in [-0.3, -0.25) is 0 Å². The molecule has 1 rings (SSSR count). The Morgan fingerprint density at radius 1 is 1.35 bits per heavy atom. The van der Waals surface area contributed by atoms with Crippen molar-refractivity contribution in [3.8, 4) is 5.75 Å². The standard InChI is InChI=1S/C14H24N2O/c1-10-7-11(2)13(14(8-10)17-4)9-16-6-5-12(3)15/h7-8,12,16H,5-6,9,15H2,1-4H3. The van der Waals surface area contributed by atoms with Crippen LogP contribution in [0.1, 0.15) is 30.0 Å². The average molecular weight is 236 g/mol. The largest absolute Gasteiger partial charge is 0.496 e. The van der Waals surface area contributed by atoms with E-state index in [9.17, 15) is 0 Å². The van der Waals surface area contributed by atoms with Gasteiger partial charge in [-0.2, -0.15) is 0 Å². The summed E-state index contributed by atoms with van der Waals surface area (Å²) >= 11 is 0. The number of methoxy groups -OCH3 is 1. The van der Waals surface area contributed by atoms with E-state index >= 15 is 0 Å². The fourth-order valence-corrected chi connectivity index (χ4v) is 1.91. The van der Waals surface area contributed by atoms with Crippen LogP contribution in [0.4, 0.5) is 0 Å². The number of benzene rings is 1. The van der Waals surface area contributed by atoms with Gasteiger partial charge in [0.1, 0.15) is 5.75 Å². The van der Waals surface area contributed by atoms with Crippen LogP contribution in [-0.2, 0) is 6.54 Å². The molecule has 0 spiro atoms. The van der Waals surface area contributed by atoms with E-state index in [1.807, 2.05) is 6.92 Å². The first-order chi connectivity index (χ1) is 8.04. The van der Waals surface area contributed by atoms with Gasteiger partial charge >= 0.3 is 0 Å². The van der Waals surface area contributed by atoms with Crippen molar-refractivity contribution >= 4 is 0 Å². The van der Waals surface area contributed by atoms with Gasteiger partial charge in [-0.05, 0) is 50.9 Å². The van der Waals surface area contributed by atoms with Gasteiger partial charge in [0.25, 0.3) is 0 Å². The van der Waals surface area contributed by atoms with Crippen molar-refractivity contribution in [3.05, 3.63) is 28.8 Å². The highest BCUT2D eigenvalue weighted by atomic mass is 16.5. The number of ether oxygens (including phenoxy) is 1. The zero-order valence-electron chi connectivity index (χ0n) is 11.3. The first kappa shape index (κ1) is 14.0. The minimum Gasteiger partial charge on any atom is -0.496 e. The number of hydrogen-bond donors (Lipinski definition) is 2. The SMILES string of the molecule is COc1cc(C)cc(C)c1CNCCC(C)N. The molecule has 96 valence electrons. The second-order valence-electron chi connectivity index (χ2n) is 4.71. The van der Waals surface area contributed by atoms with Crippen LogP contribution in [0.25, 0.3) is 0 Å². The Bertz CT molecular complexity index is 361. The fourth-order valence-electron chi connectivity index (χ4n) is 1.91. The second-order valence-corrected chi connectivity index (χ2v) is 4.71. The first-order valence-corrected chi connectivity index (χ1v) is 6.15. The predicted octanol–water partition coefficient (Wildman–Crippen LogP) is 2.14. The van der Waals surface area contributed by atoms with Crippen molar-refractivity contribution in [2.75, 3.05) is 13.7 Å². The molecule has 1 atom stereocenters. The summed E-state index contributed by atoms with van der Waals surface area (Å²) in [5.74, 6) is 0.968. The van der Waals surface area contributed by atoms with E-state index in [-0.39, 0.29) is 6.04 Å². The molecule has 0 aromatic heterocycles. The summed E-state index contributed by atoms with van der Waals surface area (Å²) in [4.78, 5) is 0. The van der Waals surface area contributed by atoms with Gasteiger partial charge in [-0.15, -0.1) is 0 Å². The molecule has 1 aromatic rings. The van der Waals surface area contributed by atoms with Gasteiger partial charge < -0.3 is 15.8 Å². The lowest BCUT2D eigenvalue weighted by Gasteiger charge is -2.14. The van der Waals surface area contributed by atoms with Crippen molar-refractivity contribution in [3.63, 3.8) is 0 Å². The summed E-state index contributed by atoms with van der Waals surface area (Å²) in [7, 11) is 1.72. The normalized spacial score (nSPS) is 12.5. The summed E-state index contributed by atoms with van der Waals surface area (Å²) in [6, 6.07) is 4.52. The highest BCUT2D eigenvalue weighted by molar-refractivity contribution is 5.42. The van der Waals surface area contributed by atoms with Gasteiger partial charge in [-0.1, -0.05) is 6.07 Å². The Hall–Kier alpha value is -1.06. The highest BCUT2D eigenvalue weighted by Crippen LogP contribution is 2.23. The monoisotopic (exact) mass is 236 g/mol. The Labute approximate surface area is 104 Å². The molecule has 0 aliphatic heterocycles. The maximum absolute atomic E-state index is 5.71. The van der Waals surface area contributed by atoms with Crippen molar-refractivity contribution < 1.29 is 4.74 Å². The average Bonchev–Trinajstić information content (AvgIpc) is 2.25. The zero-order valence-corrected chi connectivity index (χ0v) is 11.3. The van der Waals surface area contributed by atoms with Crippen LogP contribution >= 0.6 is 0 Å². The van der Waals surface area contributed by atoms with E-state index in [1.165, 1.54) is 16.7 Å². The van der Waals surface area contributed by atoms with Crippen LogP contribution in [0.15, 0.2) is 12.1 Å². The van der Waals surface area contributed by atoms with E-state index in [0.717, 1.165) is 25.3 Å². The van der Waals surface area contributed by atoms with E-state index in [0.29, 0.717) is 0 Å². The summed E-state index contributed by atoms with van der Waals surface area (Å²) in [5.41, 5.74) is 9.46. The second kappa shape index (κ2) is 6.62. The fraction of sp³-hybridized carbons (Fsp3) is 0.571. The van der Waals surface area contributed by atoms with Crippen molar-refractivity contribution in [2.24, 2.45) is 5.73 Å². The molecule has 1 unspecified atom stereocenters. The summed E-state index contributed by atoms with van der Waals surface area (Å²) in [6.45, 7) is 8.01. The molecule has 0 amide bonds. The predicted molar refractivity (Wildman–Crippen MR) is 72.4 cm³/mol. The summed E-state index contributed by atoms with van der Waals surface area (Å²) in [5, 5.41) is 3.41. The lowest BCUT2D eigenvalue weighted by atomic mass is 10.0. The Balaban J connectivity index is 2.63. The lowest BCUT2D eigenvalue weighted by molar-refractivity contribution is 0.406.